The van der Waals surface area contributed by atoms with Crippen LogP contribution in [0, 0.1) is 6.92 Å². The van der Waals surface area contributed by atoms with Crippen LogP contribution in [0.1, 0.15) is 23.9 Å². The fourth-order valence-electron chi connectivity index (χ4n) is 2.38. The highest BCUT2D eigenvalue weighted by Crippen LogP contribution is 2.19. The van der Waals surface area contributed by atoms with Crippen LogP contribution < -0.4 is 4.74 Å². The maximum absolute atomic E-state index is 11.9. The molecule has 6 nitrogen and oxygen atoms in total. The van der Waals surface area contributed by atoms with Crippen LogP contribution in [0.4, 0.5) is 0 Å². The van der Waals surface area contributed by atoms with Gasteiger partial charge in [0.1, 0.15) is 5.75 Å². The summed E-state index contributed by atoms with van der Waals surface area (Å²) in [6.45, 7) is 4.38. The number of carbonyl (C=O) groups excluding carboxylic acids is 1. The van der Waals surface area contributed by atoms with Crippen LogP contribution in [-0.4, -0.2) is 22.7 Å². The largest absolute Gasteiger partial charge is 0.493 e. The quantitative estimate of drug-likeness (QED) is 0.462. The Bertz CT molecular complexity index is 929. The lowest BCUT2D eigenvalue weighted by atomic mass is 10.1. The summed E-state index contributed by atoms with van der Waals surface area (Å²) < 4.78 is 15.8. The predicted molar refractivity (Wildman–Crippen MR) is 101 cm³/mol. The third kappa shape index (κ3) is 5.04. The Hall–Kier alpha value is -3.41. The zero-order valence-electron chi connectivity index (χ0n) is 15.2. The summed E-state index contributed by atoms with van der Waals surface area (Å²) >= 11 is 0. The molecule has 0 aliphatic carbocycles. The highest BCUT2D eigenvalue weighted by atomic mass is 16.6. The lowest BCUT2D eigenvalue weighted by molar-refractivity contribution is -0.139. The average molecular weight is 364 g/mol. The molecule has 0 N–H and O–H groups in total. The number of esters is 1. The van der Waals surface area contributed by atoms with E-state index in [0.717, 1.165) is 16.7 Å². The number of para-hydroxylation sites is 1. The van der Waals surface area contributed by atoms with Crippen LogP contribution in [0.15, 0.2) is 59.1 Å². The van der Waals surface area contributed by atoms with E-state index in [1.165, 1.54) is 6.08 Å². The molecule has 1 heterocycles. The maximum Gasteiger partial charge on any atom is 0.331 e. The first kappa shape index (κ1) is 18.4. The minimum absolute atomic E-state index is 0.0882. The summed E-state index contributed by atoms with van der Waals surface area (Å²) in [5, 5.41) is 3.91. The molecule has 0 unspecified atom stereocenters. The molecule has 0 spiro atoms. The van der Waals surface area contributed by atoms with Crippen LogP contribution in [-0.2, 0) is 16.1 Å². The van der Waals surface area contributed by atoms with Gasteiger partial charge >= 0.3 is 5.97 Å². The molecule has 0 saturated carbocycles. The van der Waals surface area contributed by atoms with Crippen molar-refractivity contribution in [1.82, 2.24) is 10.1 Å². The molecule has 0 fully saturated rings. The standard InChI is InChI=1S/C21H20N2O4/c1-3-25-18-7-5-4-6-16(18)12-13-20(24)26-14-19-22-21(23-27-19)17-10-8-15(2)9-11-17/h4-13H,3,14H2,1-2H3/b13-12+. The Balaban J connectivity index is 1.57. The lowest BCUT2D eigenvalue weighted by Crippen LogP contribution is -2.01. The molecule has 0 bridgehead atoms. The molecule has 138 valence electrons. The number of benzene rings is 2. The third-order valence-corrected chi connectivity index (χ3v) is 3.73. The minimum Gasteiger partial charge on any atom is -0.493 e. The van der Waals surface area contributed by atoms with Crippen molar-refractivity contribution in [2.24, 2.45) is 0 Å². The van der Waals surface area contributed by atoms with E-state index in [9.17, 15) is 4.79 Å². The van der Waals surface area contributed by atoms with Gasteiger partial charge in [0.25, 0.3) is 5.89 Å². The molecule has 2 aromatic carbocycles. The molecule has 0 atom stereocenters. The van der Waals surface area contributed by atoms with Crippen molar-refractivity contribution in [2.75, 3.05) is 6.61 Å². The highest BCUT2D eigenvalue weighted by molar-refractivity contribution is 5.87. The van der Waals surface area contributed by atoms with E-state index in [2.05, 4.69) is 10.1 Å². The molecule has 0 radical (unpaired) electrons. The van der Waals surface area contributed by atoms with Crippen molar-refractivity contribution in [1.29, 1.82) is 0 Å². The van der Waals surface area contributed by atoms with Gasteiger partial charge in [0.2, 0.25) is 5.82 Å². The number of rotatable bonds is 7. The van der Waals surface area contributed by atoms with Gasteiger partial charge in [0.05, 0.1) is 6.61 Å². The molecular formula is C21H20N2O4. The summed E-state index contributed by atoms with van der Waals surface area (Å²) in [6.07, 6.45) is 2.99. The van der Waals surface area contributed by atoms with E-state index < -0.39 is 5.97 Å². The molecule has 27 heavy (non-hydrogen) atoms. The Morgan fingerprint density at radius 2 is 1.93 bits per heavy atom. The molecule has 0 aliphatic rings. The molecule has 3 rings (SSSR count). The van der Waals surface area contributed by atoms with Gasteiger partial charge in [0, 0.05) is 17.2 Å². The first-order valence-corrected chi connectivity index (χ1v) is 8.62. The van der Waals surface area contributed by atoms with Gasteiger partial charge < -0.3 is 14.0 Å². The van der Waals surface area contributed by atoms with Crippen molar-refractivity contribution >= 4 is 12.0 Å². The zero-order chi connectivity index (χ0) is 19.1. The minimum atomic E-state index is -0.503. The Morgan fingerprint density at radius 3 is 2.70 bits per heavy atom. The first-order valence-electron chi connectivity index (χ1n) is 8.62. The Labute approximate surface area is 157 Å². The van der Waals surface area contributed by atoms with E-state index in [1.54, 1.807) is 6.08 Å². The number of aromatic nitrogens is 2. The number of nitrogens with zero attached hydrogens (tertiary/aromatic N) is 2. The summed E-state index contributed by atoms with van der Waals surface area (Å²) in [4.78, 5) is 16.2. The SMILES string of the molecule is CCOc1ccccc1/C=C/C(=O)OCc1nc(-c2ccc(C)cc2)no1. The van der Waals surface area contributed by atoms with Crippen molar-refractivity contribution in [3.63, 3.8) is 0 Å². The number of hydrogen-bond donors (Lipinski definition) is 0. The molecular weight excluding hydrogens is 344 g/mol. The van der Waals surface area contributed by atoms with E-state index in [-0.39, 0.29) is 12.5 Å². The molecule has 6 heteroatoms. The zero-order valence-corrected chi connectivity index (χ0v) is 15.2. The number of ether oxygens (including phenoxy) is 2. The molecule has 0 amide bonds. The van der Waals surface area contributed by atoms with Gasteiger partial charge in [0.15, 0.2) is 6.61 Å². The summed E-state index contributed by atoms with van der Waals surface area (Å²) in [5.41, 5.74) is 2.79. The summed E-state index contributed by atoms with van der Waals surface area (Å²) in [6, 6.07) is 15.2. The second kappa shape index (κ2) is 8.80. The van der Waals surface area contributed by atoms with E-state index in [0.29, 0.717) is 18.2 Å². The maximum atomic E-state index is 11.9. The van der Waals surface area contributed by atoms with Gasteiger partial charge in [-0.25, -0.2) is 4.79 Å². The van der Waals surface area contributed by atoms with Gasteiger partial charge in [-0.2, -0.15) is 4.98 Å². The highest BCUT2D eigenvalue weighted by Gasteiger charge is 2.10. The molecule has 0 aliphatic heterocycles. The third-order valence-electron chi connectivity index (χ3n) is 3.73. The second-order valence-electron chi connectivity index (χ2n) is 5.79. The monoisotopic (exact) mass is 364 g/mol. The lowest BCUT2D eigenvalue weighted by Gasteiger charge is -2.06. The fraction of sp³-hybridized carbons (Fsp3) is 0.190. The van der Waals surface area contributed by atoms with Crippen molar-refractivity contribution in [2.45, 2.75) is 20.5 Å². The van der Waals surface area contributed by atoms with Gasteiger partial charge in [-0.3, -0.25) is 0 Å². The van der Waals surface area contributed by atoms with Gasteiger partial charge in [-0.05, 0) is 26.0 Å². The second-order valence-corrected chi connectivity index (χ2v) is 5.79. The number of hydrogen-bond acceptors (Lipinski definition) is 6. The van der Waals surface area contributed by atoms with Crippen LogP contribution in [0.2, 0.25) is 0 Å². The van der Waals surface area contributed by atoms with E-state index in [1.807, 2.05) is 62.4 Å². The number of aryl methyl sites for hydroxylation is 1. The summed E-state index contributed by atoms with van der Waals surface area (Å²) in [7, 11) is 0. The average Bonchev–Trinajstić information content (AvgIpc) is 3.15. The smallest absolute Gasteiger partial charge is 0.331 e. The molecule has 1 aromatic heterocycles. The first-order chi connectivity index (χ1) is 13.2. The predicted octanol–water partition coefficient (Wildman–Crippen LogP) is 4.20. The van der Waals surface area contributed by atoms with Crippen molar-refractivity contribution in [3.05, 3.63) is 71.6 Å². The van der Waals surface area contributed by atoms with Crippen molar-refractivity contribution in [3.8, 4) is 17.1 Å². The fourth-order valence-corrected chi connectivity index (χ4v) is 2.38. The normalized spacial score (nSPS) is 10.9. The topological polar surface area (TPSA) is 74.5 Å². The Kier molecular flexibility index (Phi) is 5.99. The summed E-state index contributed by atoms with van der Waals surface area (Å²) in [5.74, 6) is 0.907. The van der Waals surface area contributed by atoms with E-state index >= 15 is 0 Å². The van der Waals surface area contributed by atoms with Crippen LogP contribution in [0.25, 0.3) is 17.5 Å². The van der Waals surface area contributed by atoms with Gasteiger partial charge in [-0.15, -0.1) is 0 Å². The van der Waals surface area contributed by atoms with Crippen molar-refractivity contribution < 1.29 is 18.8 Å². The van der Waals surface area contributed by atoms with Gasteiger partial charge in [-0.1, -0.05) is 53.2 Å². The number of carbonyl (C=O) groups is 1. The van der Waals surface area contributed by atoms with Crippen LogP contribution in [0.5, 0.6) is 5.75 Å². The van der Waals surface area contributed by atoms with Crippen LogP contribution in [0.3, 0.4) is 0 Å². The van der Waals surface area contributed by atoms with Crippen LogP contribution >= 0.6 is 0 Å². The van der Waals surface area contributed by atoms with E-state index in [4.69, 9.17) is 14.0 Å². The Morgan fingerprint density at radius 1 is 1.15 bits per heavy atom. The molecule has 0 saturated heterocycles. The molecule has 3 aromatic rings.